The van der Waals surface area contributed by atoms with Crippen LogP contribution in [-0.2, 0) is 11.2 Å². The van der Waals surface area contributed by atoms with Crippen molar-refractivity contribution in [2.75, 3.05) is 13.2 Å². The Morgan fingerprint density at radius 3 is 2.52 bits per heavy atom. The number of rotatable bonds is 8. The van der Waals surface area contributed by atoms with E-state index in [1.807, 2.05) is 31.2 Å². The number of carbonyl (C=O) groups is 2. The molecule has 0 N–H and O–H groups in total. The first-order valence-corrected chi connectivity index (χ1v) is 10.1. The highest BCUT2D eigenvalue weighted by atomic mass is 32.2. The summed E-state index contributed by atoms with van der Waals surface area (Å²) in [6.07, 6.45) is 2.23. The van der Waals surface area contributed by atoms with E-state index in [1.165, 1.54) is 23.9 Å². The fraction of sp³-hybridized carbons (Fsp3) is 0.227. The third-order valence-corrected chi connectivity index (χ3v) is 5.49. The van der Waals surface area contributed by atoms with Crippen LogP contribution in [0.2, 0.25) is 0 Å². The van der Waals surface area contributed by atoms with Crippen molar-refractivity contribution in [2.45, 2.75) is 18.6 Å². The molecule has 6 nitrogen and oxygen atoms in total. The topological polar surface area (TPSA) is 82.0 Å². The second kappa shape index (κ2) is 9.43. The van der Waals surface area contributed by atoms with Crippen LogP contribution < -0.4 is 9.84 Å². The lowest BCUT2D eigenvalue weighted by Crippen LogP contribution is -2.32. The molecule has 1 aliphatic heterocycles. The maximum Gasteiger partial charge on any atom is 0.242 e. The van der Waals surface area contributed by atoms with E-state index in [4.69, 9.17) is 4.74 Å². The molecule has 150 valence electrons. The molecule has 29 heavy (non-hydrogen) atoms. The molecule has 1 amide bonds. The molecule has 0 aliphatic carbocycles. The van der Waals surface area contributed by atoms with Crippen molar-refractivity contribution >= 4 is 34.5 Å². The zero-order valence-electron chi connectivity index (χ0n) is 16.0. The van der Waals surface area contributed by atoms with E-state index in [0.29, 0.717) is 30.4 Å². The fourth-order valence-electron chi connectivity index (χ4n) is 2.91. The normalized spacial score (nSPS) is 17.6. The van der Waals surface area contributed by atoms with Gasteiger partial charge >= 0.3 is 0 Å². The average molecular weight is 409 g/mol. The lowest BCUT2D eigenvalue weighted by Gasteiger charge is -2.14. The van der Waals surface area contributed by atoms with Crippen LogP contribution in [0, 0.1) is 0 Å². The van der Waals surface area contributed by atoms with Gasteiger partial charge in [-0.05, 0) is 48.7 Å². The molecule has 0 spiro atoms. The SMILES string of the molecule is C=CCN1C(=O)[C@H](Cc2ccc(OCC)cc2)SC1=Nc1ccc(C(=O)[O-])cc1. The van der Waals surface area contributed by atoms with Crippen molar-refractivity contribution in [3.63, 3.8) is 0 Å². The lowest BCUT2D eigenvalue weighted by atomic mass is 10.1. The van der Waals surface area contributed by atoms with Crippen LogP contribution in [0.4, 0.5) is 5.69 Å². The van der Waals surface area contributed by atoms with Crippen LogP contribution >= 0.6 is 11.8 Å². The zero-order chi connectivity index (χ0) is 20.8. The molecule has 0 unspecified atom stereocenters. The maximum atomic E-state index is 12.9. The summed E-state index contributed by atoms with van der Waals surface area (Å²) in [6, 6.07) is 13.8. The van der Waals surface area contributed by atoms with Gasteiger partial charge in [-0.15, -0.1) is 6.58 Å². The molecule has 1 fully saturated rings. The number of thioether (sulfide) groups is 1. The van der Waals surface area contributed by atoms with Gasteiger partial charge in [-0.3, -0.25) is 9.69 Å². The molecule has 1 heterocycles. The summed E-state index contributed by atoms with van der Waals surface area (Å²) in [7, 11) is 0. The second-order valence-corrected chi connectivity index (χ2v) is 7.52. The molecular weight excluding hydrogens is 388 g/mol. The summed E-state index contributed by atoms with van der Waals surface area (Å²) in [4.78, 5) is 29.9. The summed E-state index contributed by atoms with van der Waals surface area (Å²) in [6.45, 7) is 6.63. The Bertz CT molecular complexity index is 923. The maximum absolute atomic E-state index is 12.9. The van der Waals surface area contributed by atoms with Gasteiger partial charge in [0.15, 0.2) is 5.17 Å². The Morgan fingerprint density at radius 1 is 1.24 bits per heavy atom. The number of nitrogens with zero attached hydrogens (tertiary/aromatic N) is 2. The number of aliphatic imine (C=N–C) groups is 1. The molecule has 2 aromatic carbocycles. The quantitative estimate of drug-likeness (QED) is 0.626. The highest BCUT2D eigenvalue weighted by molar-refractivity contribution is 8.15. The minimum absolute atomic E-state index is 0.0195. The number of aromatic carboxylic acids is 1. The lowest BCUT2D eigenvalue weighted by molar-refractivity contribution is -0.255. The number of hydrogen-bond donors (Lipinski definition) is 0. The number of carbonyl (C=O) groups excluding carboxylic acids is 2. The van der Waals surface area contributed by atoms with Crippen LogP contribution in [0.1, 0.15) is 22.8 Å². The smallest absolute Gasteiger partial charge is 0.242 e. The van der Waals surface area contributed by atoms with E-state index in [1.54, 1.807) is 23.1 Å². The summed E-state index contributed by atoms with van der Waals surface area (Å²) < 4.78 is 5.46. The van der Waals surface area contributed by atoms with Gasteiger partial charge in [-0.1, -0.05) is 42.1 Å². The Balaban J connectivity index is 1.78. The van der Waals surface area contributed by atoms with E-state index >= 15 is 0 Å². The third-order valence-electron chi connectivity index (χ3n) is 4.31. The van der Waals surface area contributed by atoms with Crippen molar-refractivity contribution in [1.29, 1.82) is 0 Å². The summed E-state index contributed by atoms with van der Waals surface area (Å²) in [5.74, 6) is -0.454. The van der Waals surface area contributed by atoms with Crippen LogP contribution in [0.5, 0.6) is 5.75 Å². The first kappa shape index (κ1) is 20.7. The number of carboxylic acids is 1. The Kier molecular flexibility index (Phi) is 6.72. The Morgan fingerprint density at radius 2 is 1.93 bits per heavy atom. The van der Waals surface area contributed by atoms with Crippen molar-refractivity contribution in [3.8, 4) is 5.75 Å². The summed E-state index contributed by atoms with van der Waals surface area (Å²) >= 11 is 1.40. The molecule has 1 saturated heterocycles. The molecule has 1 atom stereocenters. The highest BCUT2D eigenvalue weighted by Gasteiger charge is 2.37. The minimum atomic E-state index is -1.24. The van der Waals surface area contributed by atoms with Crippen molar-refractivity contribution in [2.24, 2.45) is 4.99 Å². The van der Waals surface area contributed by atoms with Crippen molar-refractivity contribution in [1.82, 2.24) is 4.90 Å². The number of hydrogen-bond acceptors (Lipinski definition) is 6. The molecule has 0 radical (unpaired) electrons. The van der Waals surface area contributed by atoms with Gasteiger partial charge in [0.1, 0.15) is 5.75 Å². The molecule has 1 aliphatic rings. The summed E-state index contributed by atoms with van der Waals surface area (Å²) in [5.41, 5.74) is 1.69. The largest absolute Gasteiger partial charge is 0.545 e. The summed E-state index contributed by atoms with van der Waals surface area (Å²) in [5, 5.41) is 11.2. The Hall–Kier alpha value is -3.06. The monoisotopic (exact) mass is 409 g/mol. The molecular formula is C22H21N2O4S-. The fourth-order valence-corrected chi connectivity index (χ4v) is 4.12. The number of benzene rings is 2. The third kappa shape index (κ3) is 5.06. The average Bonchev–Trinajstić information content (AvgIpc) is 2.99. The van der Waals surface area contributed by atoms with Gasteiger partial charge in [-0.2, -0.15) is 0 Å². The predicted molar refractivity (Wildman–Crippen MR) is 112 cm³/mol. The molecule has 3 rings (SSSR count). The van der Waals surface area contributed by atoms with E-state index in [2.05, 4.69) is 11.6 Å². The number of amidine groups is 1. The van der Waals surface area contributed by atoms with E-state index in [0.717, 1.165) is 11.3 Å². The zero-order valence-corrected chi connectivity index (χ0v) is 16.9. The van der Waals surface area contributed by atoms with Gasteiger partial charge in [0, 0.05) is 6.54 Å². The highest BCUT2D eigenvalue weighted by Crippen LogP contribution is 2.32. The van der Waals surface area contributed by atoms with Gasteiger partial charge in [-0.25, -0.2) is 4.99 Å². The van der Waals surface area contributed by atoms with Crippen molar-refractivity contribution in [3.05, 3.63) is 72.3 Å². The number of ether oxygens (including phenoxy) is 1. The minimum Gasteiger partial charge on any atom is -0.545 e. The molecule has 7 heteroatoms. The molecule has 0 saturated carbocycles. The molecule has 2 aromatic rings. The van der Waals surface area contributed by atoms with E-state index in [9.17, 15) is 14.7 Å². The van der Waals surface area contributed by atoms with Crippen LogP contribution in [0.25, 0.3) is 0 Å². The van der Waals surface area contributed by atoms with Gasteiger partial charge in [0.05, 0.1) is 23.5 Å². The van der Waals surface area contributed by atoms with E-state index in [-0.39, 0.29) is 16.7 Å². The number of amides is 1. The number of carboxylic acid groups (broad SMARTS) is 1. The van der Waals surface area contributed by atoms with Gasteiger partial charge < -0.3 is 14.6 Å². The van der Waals surface area contributed by atoms with Crippen LogP contribution in [0.3, 0.4) is 0 Å². The van der Waals surface area contributed by atoms with Gasteiger partial charge in [0.25, 0.3) is 0 Å². The molecule has 0 aromatic heterocycles. The van der Waals surface area contributed by atoms with Crippen LogP contribution in [-0.4, -0.2) is 40.3 Å². The first-order valence-electron chi connectivity index (χ1n) is 9.22. The van der Waals surface area contributed by atoms with E-state index < -0.39 is 5.97 Å². The van der Waals surface area contributed by atoms with Gasteiger partial charge in [0.2, 0.25) is 5.91 Å². The van der Waals surface area contributed by atoms with Crippen LogP contribution in [0.15, 0.2) is 66.2 Å². The second-order valence-electron chi connectivity index (χ2n) is 6.35. The Labute approximate surface area is 173 Å². The predicted octanol–water partition coefficient (Wildman–Crippen LogP) is 2.81. The molecule has 0 bridgehead atoms. The van der Waals surface area contributed by atoms with Crippen molar-refractivity contribution < 1.29 is 19.4 Å². The first-order chi connectivity index (χ1) is 14.0. The standard InChI is InChI=1S/C22H22N2O4S/c1-3-13-24-20(25)19(14-15-5-11-18(12-6-15)28-4-2)29-22(24)23-17-9-7-16(8-10-17)21(26)27/h3,5-12,19H,1,4,13-14H2,2H3,(H,26,27)/p-1/t19-/m0/s1.